The summed E-state index contributed by atoms with van der Waals surface area (Å²) in [6, 6.07) is 6.72. The molecule has 1 N–H and O–H groups in total. The van der Waals surface area contributed by atoms with Crippen molar-refractivity contribution < 1.29 is 0 Å². The van der Waals surface area contributed by atoms with E-state index in [-0.39, 0.29) is 0 Å². The van der Waals surface area contributed by atoms with Gasteiger partial charge in [0.2, 0.25) is 0 Å². The number of nitrogens with zero attached hydrogens (tertiary/aromatic N) is 3. The number of aryl methyl sites for hydroxylation is 1. The molecule has 1 aromatic carbocycles. The summed E-state index contributed by atoms with van der Waals surface area (Å²) in [4.78, 5) is 2.26. The van der Waals surface area contributed by atoms with Gasteiger partial charge in [0.25, 0.3) is 0 Å². The summed E-state index contributed by atoms with van der Waals surface area (Å²) in [5.41, 5.74) is 3.73. The molecule has 1 atom stereocenters. The summed E-state index contributed by atoms with van der Waals surface area (Å²) < 4.78 is 2.94. The second kappa shape index (κ2) is 6.41. The SMILES string of the molecule is CNC(C)c1cc(Br)ccc1N(C)Cc1cnn(C)c1. The van der Waals surface area contributed by atoms with Gasteiger partial charge in [-0.3, -0.25) is 4.68 Å². The Balaban J connectivity index is 2.26. The number of halogens is 1. The fourth-order valence-corrected chi connectivity index (χ4v) is 2.67. The van der Waals surface area contributed by atoms with E-state index >= 15 is 0 Å². The lowest BCUT2D eigenvalue weighted by Crippen LogP contribution is -2.21. The number of benzene rings is 1. The van der Waals surface area contributed by atoms with E-state index in [0.29, 0.717) is 6.04 Å². The molecule has 4 nitrogen and oxygen atoms in total. The van der Waals surface area contributed by atoms with Gasteiger partial charge in [0.1, 0.15) is 0 Å². The Labute approximate surface area is 128 Å². The molecule has 108 valence electrons. The molecule has 0 radical (unpaired) electrons. The Morgan fingerprint density at radius 3 is 2.80 bits per heavy atom. The molecule has 1 unspecified atom stereocenters. The lowest BCUT2D eigenvalue weighted by atomic mass is 10.1. The monoisotopic (exact) mass is 336 g/mol. The van der Waals surface area contributed by atoms with E-state index < -0.39 is 0 Å². The normalized spacial score (nSPS) is 12.4. The number of hydrogen-bond donors (Lipinski definition) is 1. The minimum Gasteiger partial charge on any atom is -0.370 e. The highest BCUT2D eigenvalue weighted by Crippen LogP contribution is 2.29. The molecule has 0 aliphatic heterocycles. The van der Waals surface area contributed by atoms with Crippen molar-refractivity contribution in [3.8, 4) is 0 Å². The van der Waals surface area contributed by atoms with E-state index in [1.807, 2.05) is 25.0 Å². The zero-order valence-electron chi connectivity index (χ0n) is 12.4. The molecule has 1 heterocycles. The Morgan fingerprint density at radius 1 is 1.45 bits per heavy atom. The summed E-state index contributed by atoms with van der Waals surface area (Å²) in [6.45, 7) is 3.02. The summed E-state index contributed by atoms with van der Waals surface area (Å²) >= 11 is 3.55. The third-order valence-electron chi connectivity index (χ3n) is 3.48. The number of aromatic nitrogens is 2. The van der Waals surface area contributed by atoms with Crippen LogP contribution < -0.4 is 10.2 Å². The molecule has 2 rings (SSSR count). The van der Waals surface area contributed by atoms with Gasteiger partial charge in [-0.15, -0.1) is 0 Å². The van der Waals surface area contributed by atoms with Crippen molar-refractivity contribution in [1.29, 1.82) is 0 Å². The molecule has 0 saturated heterocycles. The van der Waals surface area contributed by atoms with Crippen molar-refractivity contribution in [2.45, 2.75) is 19.5 Å². The van der Waals surface area contributed by atoms with Crippen LogP contribution in [0.2, 0.25) is 0 Å². The molecule has 0 amide bonds. The smallest absolute Gasteiger partial charge is 0.0539 e. The van der Waals surface area contributed by atoms with Crippen LogP contribution in [0.3, 0.4) is 0 Å². The lowest BCUT2D eigenvalue weighted by molar-refractivity contribution is 0.649. The molecular weight excluding hydrogens is 316 g/mol. The Morgan fingerprint density at radius 2 is 2.20 bits per heavy atom. The van der Waals surface area contributed by atoms with Crippen LogP contribution in [0.15, 0.2) is 35.1 Å². The predicted molar refractivity (Wildman–Crippen MR) is 86.9 cm³/mol. The Kier molecular flexibility index (Phi) is 4.83. The van der Waals surface area contributed by atoms with Crippen LogP contribution >= 0.6 is 15.9 Å². The highest BCUT2D eigenvalue weighted by molar-refractivity contribution is 9.10. The summed E-state index contributed by atoms with van der Waals surface area (Å²) in [7, 11) is 6.04. The van der Waals surface area contributed by atoms with Crippen molar-refractivity contribution in [2.75, 3.05) is 19.0 Å². The third-order valence-corrected chi connectivity index (χ3v) is 3.97. The molecule has 1 aromatic heterocycles. The largest absolute Gasteiger partial charge is 0.370 e. The number of rotatable bonds is 5. The van der Waals surface area contributed by atoms with Gasteiger partial charge in [-0.25, -0.2) is 0 Å². The van der Waals surface area contributed by atoms with Crippen LogP contribution in [0.4, 0.5) is 5.69 Å². The van der Waals surface area contributed by atoms with Gasteiger partial charge in [0, 0.05) is 48.6 Å². The summed E-state index contributed by atoms with van der Waals surface area (Å²) in [5.74, 6) is 0. The van der Waals surface area contributed by atoms with Gasteiger partial charge in [-0.1, -0.05) is 15.9 Å². The average Bonchev–Trinajstić information content (AvgIpc) is 2.82. The van der Waals surface area contributed by atoms with E-state index in [0.717, 1.165) is 11.0 Å². The van der Waals surface area contributed by atoms with Crippen LogP contribution in [-0.4, -0.2) is 23.9 Å². The molecule has 0 saturated carbocycles. The molecule has 0 bridgehead atoms. The highest BCUT2D eigenvalue weighted by atomic mass is 79.9. The van der Waals surface area contributed by atoms with Crippen molar-refractivity contribution >= 4 is 21.6 Å². The highest BCUT2D eigenvalue weighted by Gasteiger charge is 2.13. The molecule has 0 spiro atoms. The lowest BCUT2D eigenvalue weighted by Gasteiger charge is -2.25. The van der Waals surface area contributed by atoms with Crippen molar-refractivity contribution in [2.24, 2.45) is 7.05 Å². The van der Waals surface area contributed by atoms with Crippen molar-refractivity contribution in [1.82, 2.24) is 15.1 Å². The minimum absolute atomic E-state index is 0.304. The number of hydrogen-bond acceptors (Lipinski definition) is 3. The summed E-state index contributed by atoms with van der Waals surface area (Å²) in [5, 5.41) is 7.53. The molecular formula is C15H21BrN4. The van der Waals surface area contributed by atoms with Crippen LogP contribution in [0.25, 0.3) is 0 Å². The van der Waals surface area contributed by atoms with Gasteiger partial charge in [0.05, 0.1) is 6.20 Å². The van der Waals surface area contributed by atoms with Crippen LogP contribution in [0.1, 0.15) is 24.1 Å². The van der Waals surface area contributed by atoms with E-state index in [1.54, 1.807) is 0 Å². The first-order valence-corrected chi connectivity index (χ1v) is 7.46. The summed E-state index contributed by atoms with van der Waals surface area (Å²) in [6.07, 6.45) is 3.97. The predicted octanol–water partition coefficient (Wildman–Crippen LogP) is 3.10. The maximum atomic E-state index is 4.22. The zero-order valence-corrected chi connectivity index (χ0v) is 14.0. The average molecular weight is 337 g/mol. The fourth-order valence-electron chi connectivity index (χ4n) is 2.29. The first-order chi connectivity index (χ1) is 9.51. The standard InChI is InChI=1S/C15H21BrN4/c1-11(17-2)14-7-13(16)5-6-15(14)19(3)9-12-8-18-20(4)10-12/h5-8,10-11,17H,9H2,1-4H3. The minimum atomic E-state index is 0.304. The Hall–Kier alpha value is -1.33. The first-order valence-electron chi connectivity index (χ1n) is 6.66. The van der Waals surface area contributed by atoms with E-state index in [2.05, 4.69) is 69.6 Å². The van der Waals surface area contributed by atoms with Gasteiger partial charge >= 0.3 is 0 Å². The van der Waals surface area contributed by atoms with Crippen molar-refractivity contribution in [3.63, 3.8) is 0 Å². The van der Waals surface area contributed by atoms with Gasteiger partial charge in [-0.2, -0.15) is 5.10 Å². The van der Waals surface area contributed by atoms with E-state index in [4.69, 9.17) is 0 Å². The van der Waals surface area contributed by atoms with E-state index in [1.165, 1.54) is 16.8 Å². The quantitative estimate of drug-likeness (QED) is 0.910. The van der Waals surface area contributed by atoms with Gasteiger partial charge in [0.15, 0.2) is 0 Å². The molecule has 20 heavy (non-hydrogen) atoms. The topological polar surface area (TPSA) is 33.1 Å². The number of nitrogens with one attached hydrogen (secondary N) is 1. The van der Waals surface area contributed by atoms with E-state index in [9.17, 15) is 0 Å². The third kappa shape index (κ3) is 3.41. The molecule has 5 heteroatoms. The van der Waals surface area contributed by atoms with Gasteiger partial charge < -0.3 is 10.2 Å². The van der Waals surface area contributed by atoms with Crippen LogP contribution in [-0.2, 0) is 13.6 Å². The van der Waals surface area contributed by atoms with Crippen LogP contribution in [0, 0.1) is 0 Å². The number of anilines is 1. The van der Waals surface area contributed by atoms with Gasteiger partial charge in [-0.05, 0) is 37.7 Å². The van der Waals surface area contributed by atoms with Crippen molar-refractivity contribution in [3.05, 3.63) is 46.2 Å². The fraction of sp³-hybridized carbons (Fsp3) is 0.400. The Bertz CT molecular complexity index is 579. The molecule has 0 aliphatic carbocycles. The maximum Gasteiger partial charge on any atom is 0.0539 e. The van der Waals surface area contributed by atoms with Crippen LogP contribution in [0.5, 0.6) is 0 Å². The second-order valence-corrected chi connectivity index (χ2v) is 6.01. The second-order valence-electron chi connectivity index (χ2n) is 5.09. The maximum absolute atomic E-state index is 4.22. The molecule has 0 fully saturated rings. The molecule has 0 aliphatic rings. The molecule has 2 aromatic rings. The first kappa shape index (κ1) is 15.1. The zero-order chi connectivity index (χ0) is 14.7.